The van der Waals surface area contributed by atoms with Gasteiger partial charge in [-0.25, -0.2) is 0 Å². The number of pyridine rings is 1. The number of nitro benzene ring substituents is 1. The molecular formula is C15H13N5O3. The van der Waals surface area contributed by atoms with Crippen LogP contribution in [0.5, 0.6) is 0 Å². The number of rotatable bonds is 4. The average molecular weight is 311 g/mol. The molecule has 8 nitrogen and oxygen atoms in total. The summed E-state index contributed by atoms with van der Waals surface area (Å²) in [6, 6.07) is 7.60. The molecule has 0 fully saturated rings. The third-order valence-electron chi connectivity index (χ3n) is 3.53. The van der Waals surface area contributed by atoms with Crippen molar-refractivity contribution in [2.75, 3.05) is 0 Å². The van der Waals surface area contributed by atoms with Gasteiger partial charge in [0.15, 0.2) is 5.69 Å². The molecule has 0 spiro atoms. The van der Waals surface area contributed by atoms with Gasteiger partial charge in [-0.15, -0.1) is 0 Å². The zero-order valence-corrected chi connectivity index (χ0v) is 12.2. The topological polar surface area (TPSA) is 114 Å². The van der Waals surface area contributed by atoms with E-state index in [1.807, 2.05) is 6.92 Å². The van der Waals surface area contributed by atoms with Crippen molar-refractivity contribution in [2.45, 2.75) is 13.0 Å². The fraction of sp³-hybridized carbons (Fsp3) is 0.133. The lowest BCUT2D eigenvalue weighted by atomic mass is 10.1. The second kappa shape index (κ2) is 5.84. The fourth-order valence-corrected chi connectivity index (χ4v) is 2.29. The first-order valence-electron chi connectivity index (χ1n) is 6.89. The van der Waals surface area contributed by atoms with Gasteiger partial charge in [-0.3, -0.25) is 25.0 Å². The molecule has 0 aliphatic heterocycles. The van der Waals surface area contributed by atoms with E-state index >= 15 is 0 Å². The summed E-state index contributed by atoms with van der Waals surface area (Å²) in [5.41, 5.74) is 1.51. The summed E-state index contributed by atoms with van der Waals surface area (Å²) in [5.74, 6) is -0.402. The van der Waals surface area contributed by atoms with E-state index in [0.29, 0.717) is 10.9 Å². The quantitative estimate of drug-likeness (QED) is 0.567. The van der Waals surface area contributed by atoms with Crippen LogP contribution in [0.2, 0.25) is 0 Å². The third-order valence-corrected chi connectivity index (χ3v) is 3.53. The van der Waals surface area contributed by atoms with Gasteiger partial charge in [-0.05, 0) is 30.7 Å². The van der Waals surface area contributed by atoms with Crippen molar-refractivity contribution in [3.63, 3.8) is 0 Å². The van der Waals surface area contributed by atoms with Gasteiger partial charge in [0.25, 0.3) is 11.6 Å². The summed E-state index contributed by atoms with van der Waals surface area (Å²) in [4.78, 5) is 26.7. The van der Waals surface area contributed by atoms with Crippen molar-refractivity contribution in [3.8, 4) is 0 Å². The summed E-state index contributed by atoms with van der Waals surface area (Å²) < 4.78 is 0. The van der Waals surface area contributed by atoms with Crippen LogP contribution in [0.4, 0.5) is 5.69 Å². The molecule has 0 aliphatic carbocycles. The Hall–Kier alpha value is -3.29. The first-order chi connectivity index (χ1) is 11.1. The minimum atomic E-state index is -0.506. The SMILES string of the molecule is CC(NC(=O)c1n[nH]c2ccc([N+](=O)[O-])cc12)c1ccncc1. The number of benzene rings is 1. The summed E-state index contributed by atoms with van der Waals surface area (Å²) in [6.45, 7) is 1.84. The van der Waals surface area contributed by atoms with Gasteiger partial charge in [0, 0.05) is 29.9 Å². The molecule has 3 aromatic rings. The zero-order chi connectivity index (χ0) is 16.4. The zero-order valence-electron chi connectivity index (χ0n) is 12.2. The second-order valence-electron chi connectivity index (χ2n) is 5.03. The van der Waals surface area contributed by atoms with Gasteiger partial charge in [-0.2, -0.15) is 5.10 Å². The lowest BCUT2D eigenvalue weighted by Gasteiger charge is -2.13. The molecule has 23 heavy (non-hydrogen) atoms. The Kier molecular flexibility index (Phi) is 3.71. The van der Waals surface area contributed by atoms with Gasteiger partial charge in [0.05, 0.1) is 16.5 Å². The van der Waals surface area contributed by atoms with Crippen molar-refractivity contribution < 1.29 is 9.72 Å². The molecule has 8 heteroatoms. The van der Waals surface area contributed by atoms with Gasteiger partial charge in [-0.1, -0.05) is 0 Å². The molecule has 1 aromatic carbocycles. The normalized spacial score (nSPS) is 12.0. The van der Waals surface area contributed by atoms with E-state index in [-0.39, 0.29) is 17.4 Å². The highest BCUT2D eigenvalue weighted by atomic mass is 16.6. The van der Waals surface area contributed by atoms with Crippen molar-refractivity contribution in [1.29, 1.82) is 0 Å². The minimum Gasteiger partial charge on any atom is -0.344 e. The summed E-state index contributed by atoms with van der Waals surface area (Å²) >= 11 is 0. The number of aromatic nitrogens is 3. The molecule has 0 bridgehead atoms. The minimum absolute atomic E-state index is 0.0878. The predicted octanol–water partition coefficient (Wildman–Crippen LogP) is 2.36. The van der Waals surface area contributed by atoms with Crippen molar-refractivity contribution >= 4 is 22.5 Å². The Morgan fingerprint density at radius 3 is 2.74 bits per heavy atom. The Balaban J connectivity index is 1.89. The highest BCUT2D eigenvalue weighted by Crippen LogP contribution is 2.22. The van der Waals surface area contributed by atoms with Gasteiger partial charge < -0.3 is 5.32 Å². The van der Waals surface area contributed by atoms with Crippen molar-refractivity contribution in [1.82, 2.24) is 20.5 Å². The number of amides is 1. The van der Waals surface area contributed by atoms with Crippen LogP contribution < -0.4 is 5.32 Å². The number of non-ortho nitro benzene ring substituents is 1. The molecule has 2 aromatic heterocycles. The number of fused-ring (bicyclic) bond motifs is 1. The summed E-state index contributed by atoms with van der Waals surface area (Å²) in [7, 11) is 0. The van der Waals surface area contributed by atoms with Gasteiger partial charge in [0.1, 0.15) is 0 Å². The lowest BCUT2D eigenvalue weighted by molar-refractivity contribution is -0.384. The number of H-pyrrole nitrogens is 1. The van der Waals surface area contributed by atoms with E-state index in [1.165, 1.54) is 18.2 Å². The summed E-state index contributed by atoms with van der Waals surface area (Å²) in [6.07, 6.45) is 3.29. The molecule has 0 saturated heterocycles. The van der Waals surface area contributed by atoms with Crippen LogP contribution in [0.15, 0.2) is 42.7 Å². The number of hydrogen-bond donors (Lipinski definition) is 2. The van der Waals surface area contributed by atoms with Crippen LogP contribution >= 0.6 is 0 Å². The van der Waals surface area contributed by atoms with Crippen LogP contribution in [0.3, 0.4) is 0 Å². The predicted molar refractivity (Wildman–Crippen MR) is 82.9 cm³/mol. The standard InChI is InChI=1S/C15H13N5O3/c1-9(10-4-6-16-7-5-10)17-15(21)14-12-8-11(20(22)23)2-3-13(12)18-19-14/h2-9H,1H3,(H,17,21)(H,18,19). The number of carbonyl (C=O) groups is 1. The molecular weight excluding hydrogens is 298 g/mol. The highest BCUT2D eigenvalue weighted by molar-refractivity contribution is 6.05. The molecule has 2 heterocycles. The second-order valence-corrected chi connectivity index (χ2v) is 5.03. The highest BCUT2D eigenvalue weighted by Gasteiger charge is 2.19. The van der Waals surface area contributed by atoms with E-state index in [9.17, 15) is 14.9 Å². The Bertz CT molecular complexity index is 875. The molecule has 0 saturated carbocycles. The van der Waals surface area contributed by atoms with Crippen LogP contribution in [-0.2, 0) is 0 Å². The van der Waals surface area contributed by atoms with Gasteiger partial charge >= 0.3 is 0 Å². The number of aromatic amines is 1. The number of nitro groups is 1. The molecule has 0 aliphatic rings. The monoisotopic (exact) mass is 311 g/mol. The molecule has 1 amide bonds. The first kappa shape index (κ1) is 14.6. The number of nitrogens with one attached hydrogen (secondary N) is 2. The van der Waals surface area contributed by atoms with E-state index in [1.54, 1.807) is 24.5 Å². The lowest BCUT2D eigenvalue weighted by Crippen LogP contribution is -2.27. The van der Waals surface area contributed by atoms with Crippen LogP contribution in [-0.4, -0.2) is 26.0 Å². The fourth-order valence-electron chi connectivity index (χ4n) is 2.29. The Morgan fingerprint density at radius 1 is 1.30 bits per heavy atom. The van der Waals surface area contributed by atoms with Crippen LogP contribution in [0, 0.1) is 10.1 Å². The maximum absolute atomic E-state index is 12.4. The van der Waals surface area contributed by atoms with Crippen LogP contribution in [0.25, 0.3) is 10.9 Å². The molecule has 3 rings (SSSR count). The number of nitrogens with zero attached hydrogens (tertiary/aromatic N) is 3. The molecule has 0 radical (unpaired) electrons. The van der Waals surface area contributed by atoms with Crippen LogP contribution in [0.1, 0.15) is 29.0 Å². The average Bonchev–Trinajstić information content (AvgIpc) is 2.98. The third kappa shape index (κ3) is 2.86. The number of carbonyl (C=O) groups excluding carboxylic acids is 1. The Morgan fingerprint density at radius 2 is 2.04 bits per heavy atom. The van der Waals surface area contributed by atoms with E-state index in [0.717, 1.165) is 5.56 Å². The maximum Gasteiger partial charge on any atom is 0.272 e. The first-order valence-corrected chi connectivity index (χ1v) is 6.89. The molecule has 2 N–H and O–H groups in total. The largest absolute Gasteiger partial charge is 0.344 e. The molecule has 1 atom stereocenters. The van der Waals surface area contributed by atoms with E-state index in [2.05, 4.69) is 20.5 Å². The Labute approximate surface area is 130 Å². The van der Waals surface area contributed by atoms with E-state index in [4.69, 9.17) is 0 Å². The summed E-state index contributed by atoms with van der Waals surface area (Å²) in [5, 5.41) is 20.8. The van der Waals surface area contributed by atoms with Crippen molar-refractivity contribution in [3.05, 3.63) is 64.1 Å². The van der Waals surface area contributed by atoms with Crippen molar-refractivity contribution in [2.24, 2.45) is 0 Å². The van der Waals surface area contributed by atoms with Gasteiger partial charge in [0.2, 0.25) is 0 Å². The number of hydrogen-bond acceptors (Lipinski definition) is 5. The van der Waals surface area contributed by atoms with E-state index < -0.39 is 10.8 Å². The maximum atomic E-state index is 12.4. The molecule has 1 unspecified atom stereocenters. The smallest absolute Gasteiger partial charge is 0.272 e. The molecule has 116 valence electrons.